The maximum atomic E-state index is 12.9. The van der Waals surface area contributed by atoms with Gasteiger partial charge >= 0.3 is 5.97 Å². The number of halogens is 1. The molecule has 1 amide bonds. The van der Waals surface area contributed by atoms with Crippen LogP contribution in [0.15, 0.2) is 45.6 Å². The molecule has 3 rings (SSSR count). The molecule has 0 radical (unpaired) electrons. The molecule has 0 saturated carbocycles. The molecule has 2 N–H and O–H groups in total. The van der Waals surface area contributed by atoms with Crippen LogP contribution in [0.4, 0.5) is 10.3 Å². The Morgan fingerprint density at radius 3 is 2.57 bits per heavy atom. The van der Waals surface area contributed by atoms with Gasteiger partial charge in [-0.3, -0.25) is 10.1 Å². The van der Waals surface area contributed by atoms with Crippen LogP contribution in [-0.4, -0.2) is 22.1 Å². The van der Waals surface area contributed by atoms with Crippen molar-refractivity contribution in [3.05, 3.63) is 58.0 Å². The Morgan fingerprint density at radius 2 is 1.96 bits per heavy atom. The van der Waals surface area contributed by atoms with Crippen LogP contribution in [0.1, 0.15) is 20.7 Å². The van der Waals surface area contributed by atoms with Gasteiger partial charge in [0.2, 0.25) is 5.88 Å². The topological polar surface area (TPSA) is 92.4 Å². The lowest BCUT2D eigenvalue weighted by Crippen LogP contribution is -2.14. The number of anilines is 1. The van der Waals surface area contributed by atoms with Crippen molar-refractivity contribution in [3.63, 3.8) is 0 Å². The van der Waals surface area contributed by atoms with E-state index in [1.165, 1.54) is 23.5 Å². The van der Waals surface area contributed by atoms with Gasteiger partial charge in [0.15, 0.2) is 5.56 Å². The molecule has 0 aliphatic carbocycles. The Balaban J connectivity index is 1.93. The summed E-state index contributed by atoms with van der Waals surface area (Å²) >= 11 is 1.38. The van der Waals surface area contributed by atoms with E-state index in [0.29, 0.717) is 5.56 Å². The van der Waals surface area contributed by atoms with E-state index >= 15 is 0 Å². The number of nitrogens with zero attached hydrogens (tertiary/aromatic N) is 1. The van der Waals surface area contributed by atoms with Crippen LogP contribution >= 0.6 is 11.3 Å². The molecule has 1 aromatic carbocycles. The number of nitrogens with one attached hydrogen (secondary N) is 1. The molecule has 3 aromatic rings. The minimum atomic E-state index is -1.28. The molecule has 2 heterocycles. The average molecular weight is 332 g/mol. The highest BCUT2D eigenvalue weighted by molar-refractivity contribution is 7.08. The highest BCUT2D eigenvalue weighted by Crippen LogP contribution is 2.30. The van der Waals surface area contributed by atoms with Crippen LogP contribution < -0.4 is 5.32 Å². The summed E-state index contributed by atoms with van der Waals surface area (Å²) in [4.78, 5) is 23.5. The van der Waals surface area contributed by atoms with Crippen molar-refractivity contribution in [2.24, 2.45) is 0 Å². The average Bonchev–Trinajstić information content (AvgIpc) is 3.16. The van der Waals surface area contributed by atoms with Gasteiger partial charge in [0.25, 0.3) is 5.91 Å². The van der Waals surface area contributed by atoms with Crippen molar-refractivity contribution in [1.29, 1.82) is 0 Å². The molecule has 0 atom stereocenters. The third kappa shape index (κ3) is 2.97. The highest BCUT2D eigenvalue weighted by Gasteiger charge is 2.25. The van der Waals surface area contributed by atoms with E-state index in [4.69, 9.17) is 4.52 Å². The zero-order valence-electron chi connectivity index (χ0n) is 11.4. The Hall–Kier alpha value is -3.00. The second-order valence-electron chi connectivity index (χ2n) is 4.51. The zero-order valence-corrected chi connectivity index (χ0v) is 12.3. The molecule has 0 aliphatic heterocycles. The molecular weight excluding hydrogens is 323 g/mol. The van der Waals surface area contributed by atoms with Crippen LogP contribution in [0.5, 0.6) is 0 Å². The zero-order chi connectivity index (χ0) is 16.4. The van der Waals surface area contributed by atoms with E-state index in [1.807, 2.05) is 0 Å². The largest absolute Gasteiger partial charge is 0.477 e. The van der Waals surface area contributed by atoms with Crippen molar-refractivity contribution < 1.29 is 23.6 Å². The van der Waals surface area contributed by atoms with Crippen molar-refractivity contribution in [2.45, 2.75) is 0 Å². The number of rotatable bonds is 4. The van der Waals surface area contributed by atoms with Crippen molar-refractivity contribution in [2.75, 3.05) is 5.32 Å². The van der Waals surface area contributed by atoms with Gasteiger partial charge in [0, 0.05) is 16.5 Å². The van der Waals surface area contributed by atoms with Gasteiger partial charge in [0.1, 0.15) is 11.5 Å². The van der Waals surface area contributed by atoms with Gasteiger partial charge < -0.3 is 9.63 Å². The highest BCUT2D eigenvalue weighted by atomic mass is 32.1. The Morgan fingerprint density at radius 1 is 1.22 bits per heavy atom. The normalized spacial score (nSPS) is 10.5. The third-order valence-electron chi connectivity index (χ3n) is 3.03. The molecular formula is C15H9FN2O4S. The fourth-order valence-electron chi connectivity index (χ4n) is 1.95. The molecule has 6 nitrogen and oxygen atoms in total. The first kappa shape index (κ1) is 14.9. The predicted octanol–water partition coefficient (Wildman–Crippen LogP) is 3.49. The number of aromatic carboxylic acids is 1. The second kappa shape index (κ2) is 6.01. The first-order chi connectivity index (χ1) is 11.1. The Kier molecular flexibility index (Phi) is 3.90. The van der Waals surface area contributed by atoms with E-state index in [1.54, 1.807) is 16.8 Å². The second-order valence-corrected chi connectivity index (χ2v) is 5.29. The standard InChI is InChI=1S/C15H9FN2O4S/c16-10-3-1-8(2-4-10)13(19)17-14-11(15(20)21)12(18-22-14)9-5-6-23-7-9/h1-7H,(H,17,19)(H,20,21). The summed E-state index contributed by atoms with van der Waals surface area (Å²) in [6.45, 7) is 0. The van der Waals surface area contributed by atoms with Gasteiger partial charge in [-0.25, -0.2) is 9.18 Å². The van der Waals surface area contributed by atoms with E-state index in [2.05, 4.69) is 10.5 Å². The fourth-order valence-corrected chi connectivity index (χ4v) is 2.59. The maximum Gasteiger partial charge on any atom is 0.343 e. The molecule has 116 valence electrons. The van der Waals surface area contributed by atoms with Crippen LogP contribution in [-0.2, 0) is 0 Å². The van der Waals surface area contributed by atoms with E-state index < -0.39 is 17.7 Å². The molecule has 23 heavy (non-hydrogen) atoms. The number of amides is 1. The summed E-state index contributed by atoms with van der Waals surface area (Å²) in [6, 6.07) is 6.51. The first-order valence-electron chi connectivity index (χ1n) is 6.38. The monoisotopic (exact) mass is 332 g/mol. The van der Waals surface area contributed by atoms with Crippen molar-refractivity contribution in [3.8, 4) is 11.3 Å². The van der Waals surface area contributed by atoms with Crippen LogP contribution in [0.2, 0.25) is 0 Å². The molecule has 0 fully saturated rings. The van der Waals surface area contributed by atoms with Gasteiger partial charge in [-0.1, -0.05) is 5.16 Å². The summed E-state index contributed by atoms with van der Waals surface area (Å²) < 4.78 is 17.8. The number of carbonyl (C=O) groups is 2. The smallest absolute Gasteiger partial charge is 0.343 e. The lowest BCUT2D eigenvalue weighted by atomic mass is 10.1. The molecule has 2 aromatic heterocycles. The number of hydrogen-bond donors (Lipinski definition) is 2. The summed E-state index contributed by atoms with van der Waals surface area (Å²) in [7, 11) is 0. The van der Waals surface area contributed by atoms with Gasteiger partial charge in [-0.15, -0.1) is 0 Å². The fraction of sp³-hybridized carbons (Fsp3) is 0. The van der Waals surface area contributed by atoms with Gasteiger partial charge in [-0.05, 0) is 35.7 Å². The Bertz CT molecular complexity index is 856. The van der Waals surface area contributed by atoms with Crippen molar-refractivity contribution >= 4 is 29.1 Å². The molecule has 0 saturated heterocycles. The lowest BCUT2D eigenvalue weighted by molar-refractivity contribution is 0.0698. The number of aromatic nitrogens is 1. The minimum Gasteiger partial charge on any atom is -0.477 e. The van der Waals surface area contributed by atoms with Gasteiger partial charge in [0.05, 0.1) is 0 Å². The minimum absolute atomic E-state index is 0.133. The number of carboxylic acid groups (broad SMARTS) is 1. The van der Waals surface area contributed by atoms with Crippen LogP contribution in [0, 0.1) is 5.82 Å². The first-order valence-corrected chi connectivity index (χ1v) is 7.33. The summed E-state index contributed by atoms with van der Waals surface area (Å²) in [5.41, 5.74) is 0.640. The van der Waals surface area contributed by atoms with Crippen LogP contribution in [0.25, 0.3) is 11.3 Å². The lowest BCUT2D eigenvalue weighted by Gasteiger charge is -2.02. The van der Waals surface area contributed by atoms with E-state index in [0.717, 1.165) is 12.1 Å². The summed E-state index contributed by atoms with van der Waals surface area (Å²) in [6.07, 6.45) is 0. The number of carbonyl (C=O) groups excluding carboxylic acids is 1. The number of hydrogen-bond acceptors (Lipinski definition) is 5. The number of carboxylic acids is 1. The van der Waals surface area contributed by atoms with E-state index in [9.17, 15) is 19.1 Å². The maximum absolute atomic E-state index is 12.9. The summed E-state index contributed by atoms with van der Waals surface area (Å²) in [5, 5.41) is 18.9. The molecule has 0 bridgehead atoms. The number of benzene rings is 1. The predicted molar refractivity (Wildman–Crippen MR) is 81.1 cm³/mol. The molecule has 0 unspecified atom stereocenters. The Labute approximate surface area is 133 Å². The van der Waals surface area contributed by atoms with E-state index in [-0.39, 0.29) is 22.7 Å². The third-order valence-corrected chi connectivity index (χ3v) is 3.72. The van der Waals surface area contributed by atoms with Crippen LogP contribution in [0.3, 0.4) is 0 Å². The molecule has 0 spiro atoms. The quantitative estimate of drug-likeness (QED) is 0.763. The SMILES string of the molecule is O=C(Nc1onc(-c2ccsc2)c1C(=O)O)c1ccc(F)cc1. The van der Waals surface area contributed by atoms with Gasteiger partial charge in [-0.2, -0.15) is 11.3 Å². The molecule has 8 heteroatoms. The number of thiophene rings is 1. The summed E-state index contributed by atoms with van der Waals surface area (Å²) in [5.74, 6) is -2.65. The van der Waals surface area contributed by atoms with Crippen molar-refractivity contribution in [1.82, 2.24) is 5.16 Å². The molecule has 0 aliphatic rings.